The normalized spacial score (nSPS) is 10.8. The Bertz CT molecular complexity index is 678. The molecule has 0 N–H and O–H groups in total. The summed E-state index contributed by atoms with van der Waals surface area (Å²) in [6.45, 7) is 0. The Morgan fingerprint density at radius 1 is 1.17 bits per heavy atom. The molecule has 0 saturated carbocycles. The van der Waals surface area contributed by atoms with Gasteiger partial charge in [0, 0.05) is 11.6 Å². The summed E-state index contributed by atoms with van der Waals surface area (Å²) in [5.41, 5.74) is 3.35. The molecule has 0 unspecified atom stereocenters. The second-order valence-corrected chi connectivity index (χ2v) is 4.23. The Morgan fingerprint density at radius 2 is 2.06 bits per heavy atom. The Hall–Kier alpha value is -2.15. The minimum Gasteiger partial charge on any atom is -0.482 e. The molecule has 0 spiro atoms. The summed E-state index contributed by atoms with van der Waals surface area (Å²) in [6, 6.07) is 1.71. The van der Waals surface area contributed by atoms with Crippen LogP contribution in [-0.4, -0.2) is 33.6 Å². The first kappa shape index (κ1) is 11.0. The summed E-state index contributed by atoms with van der Waals surface area (Å²) in [5.74, 6) is 1.61. The van der Waals surface area contributed by atoms with Gasteiger partial charge >= 0.3 is 0 Å². The highest BCUT2D eigenvalue weighted by atomic mass is 32.1. The number of methoxy groups -OCH3 is 2. The van der Waals surface area contributed by atoms with Gasteiger partial charge in [-0.25, -0.2) is 9.97 Å². The molecule has 6 nitrogen and oxygen atoms in total. The molecule has 0 atom stereocenters. The van der Waals surface area contributed by atoms with Gasteiger partial charge < -0.3 is 9.47 Å². The highest BCUT2D eigenvalue weighted by Gasteiger charge is 2.12. The fourth-order valence-corrected chi connectivity index (χ4v) is 2.19. The van der Waals surface area contributed by atoms with E-state index < -0.39 is 0 Å². The summed E-state index contributed by atoms with van der Waals surface area (Å²) in [5, 5.41) is 1.94. The fraction of sp³-hybridized carbons (Fsp3) is 0.182. The molecule has 18 heavy (non-hydrogen) atoms. The monoisotopic (exact) mass is 262 g/mol. The van der Waals surface area contributed by atoms with Crippen LogP contribution in [0.4, 0.5) is 0 Å². The largest absolute Gasteiger partial charge is 0.482 e. The number of aromatic nitrogens is 4. The average Bonchev–Trinajstić information content (AvgIpc) is 3.05. The van der Waals surface area contributed by atoms with Crippen LogP contribution in [0, 0.1) is 0 Å². The Kier molecular flexibility index (Phi) is 2.60. The van der Waals surface area contributed by atoms with Crippen LogP contribution in [0.3, 0.4) is 0 Å². The van der Waals surface area contributed by atoms with Crippen molar-refractivity contribution < 1.29 is 9.47 Å². The van der Waals surface area contributed by atoms with E-state index >= 15 is 0 Å². The first-order chi connectivity index (χ1) is 8.81. The lowest BCUT2D eigenvalue weighted by Crippen LogP contribution is -1.97. The molecule has 0 fully saturated rings. The zero-order valence-electron chi connectivity index (χ0n) is 9.82. The van der Waals surface area contributed by atoms with Gasteiger partial charge in [-0.2, -0.15) is 4.98 Å². The number of hydrogen-bond donors (Lipinski definition) is 0. The van der Waals surface area contributed by atoms with E-state index in [0.29, 0.717) is 17.5 Å². The minimum absolute atomic E-state index is 0.467. The van der Waals surface area contributed by atoms with Gasteiger partial charge in [-0.3, -0.25) is 4.40 Å². The van der Waals surface area contributed by atoms with Crippen molar-refractivity contribution in [2.45, 2.75) is 0 Å². The van der Waals surface area contributed by atoms with Gasteiger partial charge in [-0.1, -0.05) is 0 Å². The average molecular weight is 262 g/mol. The number of hydrogen-bond acceptors (Lipinski definition) is 6. The van der Waals surface area contributed by atoms with Crippen LogP contribution in [0.25, 0.3) is 17.2 Å². The molecule has 0 aromatic carbocycles. The Labute approximate surface area is 107 Å². The smallest absolute Gasteiger partial charge is 0.240 e. The molecule has 7 heteroatoms. The Morgan fingerprint density at radius 3 is 2.72 bits per heavy atom. The van der Waals surface area contributed by atoms with Crippen LogP contribution in [0.15, 0.2) is 23.2 Å². The van der Waals surface area contributed by atoms with E-state index in [1.807, 2.05) is 11.6 Å². The van der Waals surface area contributed by atoms with Crippen molar-refractivity contribution in [3.8, 4) is 23.1 Å². The first-order valence-corrected chi connectivity index (χ1v) is 6.13. The summed E-state index contributed by atoms with van der Waals surface area (Å²) in [7, 11) is 3.15. The zero-order chi connectivity index (χ0) is 12.5. The van der Waals surface area contributed by atoms with Crippen molar-refractivity contribution in [2.75, 3.05) is 14.2 Å². The van der Waals surface area contributed by atoms with Crippen molar-refractivity contribution in [1.29, 1.82) is 0 Å². The van der Waals surface area contributed by atoms with Gasteiger partial charge in [0.2, 0.25) is 17.5 Å². The molecule has 92 valence electrons. The maximum absolute atomic E-state index is 5.29. The number of ether oxygens (including phenoxy) is 2. The van der Waals surface area contributed by atoms with Crippen molar-refractivity contribution >= 4 is 17.1 Å². The number of nitrogens with zero attached hydrogens (tertiary/aromatic N) is 4. The van der Waals surface area contributed by atoms with Gasteiger partial charge in [0.25, 0.3) is 0 Å². The van der Waals surface area contributed by atoms with Crippen LogP contribution in [-0.2, 0) is 0 Å². The van der Waals surface area contributed by atoms with E-state index in [4.69, 9.17) is 9.47 Å². The van der Waals surface area contributed by atoms with Gasteiger partial charge in [-0.05, 0) is 0 Å². The molecular formula is C11H10N4O2S. The third kappa shape index (κ3) is 1.68. The molecule has 3 heterocycles. The number of imidazole rings is 1. The number of rotatable bonds is 3. The maximum atomic E-state index is 5.29. The molecule has 0 aliphatic rings. The maximum Gasteiger partial charge on any atom is 0.240 e. The first-order valence-electron chi connectivity index (χ1n) is 5.18. The van der Waals surface area contributed by atoms with Crippen LogP contribution >= 0.6 is 11.3 Å². The van der Waals surface area contributed by atoms with Gasteiger partial charge in [-0.15, -0.1) is 11.3 Å². The van der Waals surface area contributed by atoms with E-state index in [9.17, 15) is 0 Å². The van der Waals surface area contributed by atoms with Crippen LogP contribution in [0.1, 0.15) is 0 Å². The van der Waals surface area contributed by atoms with Crippen LogP contribution in [0.2, 0.25) is 0 Å². The molecule has 0 bridgehead atoms. The molecule has 3 aromatic rings. The summed E-state index contributed by atoms with van der Waals surface area (Å²) >= 11 is 1.53. The van der Waals surface area contributed by atoms with Crippen LogP contribution < -0.4 is 9.47 Å². The van der Waals surface area contributed by atoms with E-state index in [0.717, 1.165) is 11.4 Å². The second kappa shape index (κ2) is 4.26. The third-order valence-corrected chi connectivity index (χ3v) is 3.08. The van der Waals surface area contributed by atoms with Gasteiger partial charge in [0.15, 0.2) is 0 Å². The predicted molar refractivity (Wildman–Crippen MR) is 67.2 cm³/mol. The molecule has 3 aromatic heterocycles. The molecule has 0 saturated heterocycles. The van der Waals surface area contributed by atoms with Crippen molar-refractivity contribution in [3.63, 3.8) is 0 Å². The molecule has 0 aliphatic carbocycles. The summed E-state index contributed by atoms with van der Waals surface area (Å²) in [6.07, 6.45) is 1.84. The summed E-state index contributed by atoms with van der Waals surface area (Å²) < 4.78 is 12.2. The quantitative estimate of drug-likeness (QED) is 0.721. The van der Waals surface area contributed by atoms with E-state index in [2.05, 4.69) is 15.0 Å². The standard InChI is InChI=1S/C11H10N4O2S/c1-16-9-3-10(17-2)15-4-7(13-11(15)14-9)8-5-18-6-12-8/h3-6H,1-2H3. The molecule has 3 rings (SSSR count). The van der Waals surface area contributed by atoms with Crippen LogP contribution in [0.5, 0.6) is 11.8 Å². The van der Waals surface area contributed by atoms with Crippen molar-refractivity contribution in [3.05, 3.63) is 23.2 Å². The lowest BCUT2D eigenvalue weighted by molar-refractivity contribution is 0.369. The number of fused-ring (bicyclic) bond motifs is 1. The van der Waals surface area contributed by atoms with E-state index in [-0.39, 0.29) is 0 Å². The van der Waals surface area contributed by atoms with Gasteiger partial charge in [0.1, 0.15) is 11.4 Å². The van der Waals surface area contributed by atoms with E-state index in [1.165, 1.54) is 11.3 Å². The fourth-order valence-electron chi connectivity index (χ4n) is 1.64. The minimum atomic E-state index is 0.467. The lowest BCUT2D eigenvalue weighted by Gasteiger charge is -2.04. The second-order valence-electron chi connectivity index (χ2n) is 3.51. The predicted octanol–water partition coefficient (Wildman–Crippen LogP) is 1.87. The topological polar surface area (TPSA) is 61.5 Å². The highest BCUT2D eigenvalue weighted by Crippen LogP contribution is 2.24. The molecule has 0 radical (unpaired) electrons. The van der Waals surface area contributed by atoms with Gasteiger partial charge in [0.05, 0.1) is 25.8 Å². The Balaban J connectivity index is 2.22. The van der Waals surface area contributed by atoms with E-state index in [1.54, 1.807) is 30.2 Å². The third-order valence-electron chi connectivity index (χ3n) is 2.49. The van der Waals surface area contributed by atoms with Crippen molar-refractivity contribution in [2.24, 2.45) is 0 Å². The highest BCUT2D eigenvalue weighted by molar-refractivity contribution is 7.07. The lowest BCUT2D eigenvalue weighted by atomic mass is 10.4. The summed E-state index contributed by atoms with van der Waals surface area (Å²) in [4.78, 5) is 12.9. The molecule has 0 aliphatic heterocycles. The SMILES string of the molecule is COc1cc(OC)n2cc(-c3cscn3)nc2n1. The number of thiazole rings is 1. The molecular weight excluding hydrogens is 252 g/mol. The zero-order valence-corrected chi connectivity index (χ0v) is 10.6. The molecule has 0 amide bonds. The van der Waals surface area contributed by atoms with Crippen molar-refractivity contribution in [1.82, 2.24) is 19.4 Å².